The standard InChI is InChI=1S/C45H29N3O/c49-45-44-43(30-14-4-1-5-15-30)37-29-32(25-27-40(37)48(44)42-23-13-12-22-41(42)47(45)34-18-8-3-9-19-34)31-24-26-39-36(28-31)35-20-10-11-21-38(35)46(39)33-16-6-2-7-17-33/h1-29H. The van der Waals surface area contributed by atoms with Crippen molar-refractivity contribution < 1.29 is 0 Å². The van der Waals surface area contributed by atoms with Crippen molar-refractivity contribution in [3.8, 4) is 33.6 Å². The Hall–Kier alpha value is -6.65. The predicted molar refractivity (Wildman–Crippen MR) is 203 cm³/mol. The highest BCUT2D eigenvalue weighted by molar-refractivity contribution is 6.12. The van der Waals surface area contributed by atoms with Crippen molar-refractivity contribution in [3.05, 3.63) is 186 Å². The summed E-state index contributed by atoms with van der Waals surface area (Å²) in [5.74, 6) is 0. The van der Waals surface area contributed by atoms with Crippen LogP contribution >= 0.6 is 0 Å². The molecule has 0 aliphatic rings. The van der Waals surface area contributed by atoms with E-state index in [1.54, 1.807) is 0 Å². The van der Waals surface area contributed by atoms with E-state index in [1.165, 1.54) is 21.8 Å². The molecule has 4 heteroatoms. The van der Waals surface area contributed by atoms with Crippen molar-refractivity contribution >= 4 is 49.3 Å². The largest absolute Gasteiger partial charge is 0.309 e. The minimum Gasteiger partial charge on any atom is -0.309 e. The molecule has 10 rings (SSSR count). The fraction of sp³-hybridized carbons (Fsp3) is 0. The van der Waals surface area contributed by atoms with Gasteiger partial charge in [-0.3, -0.25) is 9.36 Å². The second-order valence-corrected chi connectivity index (χ2v) is 12.5. The Morgan fingerprint density at radius 1 is 0.347 bits per heavy atom. The smallest absolute Gasteiger partial charge is 0.280 e. The summed E-state index contributed by atoms with van der Waals surface area (Å²) in [7, 11) is 0. The monoisotopic (exact) mass is 627 g/mol. The van der Waals surface area contributed by atoms with Crippen LogP contribution in [0.2, 0.25) is 0 Å². The van der Waals surface area contributed by atoms with E-state index in [-0.39, 0.29) is 5.56 Å². The molecule has 3 aromatic heterocycles. The molecule has 0 N–H and O–H groups in total. The quantitative estimate of drug-likeness (QED) is 0.191. The zero-order valence-corrected chi connectivity index (χ0v) is 26.5. The van der Waals surface area contributed by atoms with E-state index in [2.05, 4.69) is 118 Å². The summed E-state index contributed by atoms with van der Waals surface area (Å²) in [6.45, 7) is 0. The number of para-hydroxylation sites is 5. The summed E-state index contributed by atoms with van der Waals surface area (Å²) >= 11 is 0. The molecule has 230 valence electrons. The predicted octanol–water partition coefficient (Wildman–Crippen LogP) is 10.8. The molecule has 3 heterocycles. The Labute approximate surface area is 282 Å². The fourth-order valence-corrected chi connectivity index (χ4v) is 7.72. The van der Waals surface area contributed by atoms with Gasteiger partial charge in [0.05, 0.1) is 27.6 Å². The van der Waals surface area contributed by atoms with Crippen LogP contribution < -0.4 is 5.56 Å². The number of nitrogens with zero attached hydrogens (tertiary/aromatic N) is 3. The third kappa shape index (κ3) is 4.07. The average Bonchev–Trinajstić information content (AvgIpc) is 3.69. The van der Waals surface area contributed by atoms with E-state index >= 15 is 0 Å². The summed E-state index contributed by atoms with van der Waals surface area (Å²) < 4.78 is 6.36. The van der Waals surface area contributed by atoms with E-state index in [0.29, 0.717) is 5.52 Å². The Kier molecular flexibility index (Phi) is 5.99. The van der Waals surface area contributed by atoms with Crippen LogP contribution in [-0.2, 0) is 0 Å². The van der Waals surface area contributed by atoms with Gasteiger partial charge in [0.25, 0.3) is 5.56 Å². The highest BCUT2D eigenvalue weighted by atomic mass is 16.1. The van der Waals surface area contributed by atoms with Crippen LogP contribution in [0, 0.1) is 0 Å². The molecule has 0 radical (unpaired) electrons. The van der Waals surface area contributed by atoms with E-state index in [0.717, 1.165) is 55.6 Å². The summed E-state index contributed by atoms with van der Waals surface area (Å²) in [6.07, 6.45) is 0. The van der Waals surface area contributed by atoms with Crippen LogP contribution in [0.5, 0.6) is 0 Å². The lowest BCUT2D eigenvalue weighted by atomic mass is 9.98. The molecule has 0 aliphatic heterocycles. The number of aromatic nitrogens is 3. The minimum atomic E-state index is -0.0448. The Morgan fingerprint density at radius 3 is 1.55 bits per heavy atom. The molecule has 0 saturated heterocycles. The molecule has 49 heavy (non-hydrogen) atoms. The number of hydrogen-bond donors (Lipinski definition) is 0. The van der Waals surface area contributed by atoms with Crippen molar-refractivity contribution in [1.82, 2.24) is 13.5 Å². The maximum absolute atomic E-state index is 14.8. The first-order valence-electron chi connectivity index (χ1n) is 16.6. The Balaban J connectivity index is 1.28. The maximum atomic E-state index is 14.8. The maximum Gasteiger partial charge on any atom is 0.280 e. The van der Waals surface area contributed by atoms with Gasteiger partial charge in [-0.1, -0.05) is 109 Å². The van der Waals surface area contributed by atoms with Gasteiger partial charge in [-0.05, 0) is 83.4 Å². The number of fused-ring (bicyclic) bond motifs is 8. The van der Waals surface area contributed by atoms with Crippen molar-refractivity contribution in [2.24, 2.45) is 0 Å². The molecule has 0 spiro atoms. The number of hydrogen-bond acceptors (Lipinski definition) is 1. The topological polar surface area (TPSA) is 31.3 Å². The Bertz CT molecular complexity index is 2930. The summed E-state index contributed by atoms with van der Waals surface area (Å²) in [5.41, 5.74) is 12.0. The molecule has 0 amide bonds. The first kappa shape index (κ1) is 27.5. The average molecular weight is 628 g/mol. The molecular weight excluding hydrogens is 599 g/mol. The summed E-state index contributed by atoms with van der Waals surface area (Å²) in [6, 6.07) is 61.0. The minimum absolute atomic E-state index is 0.0448. The number of benzene rings is 7. The summed E-state index contributed by atoms with van der Waals surface area (Å²) in [5, 5.41) is 3.47. The van der Waals surface area contributed by atoms with Gasteiger partial charge in [0.2, 0.25) is 0 Å². The van der Waals surface area contributed by atoms with Gasteiger partial charge < -0.3 is 8.97 Å². The first-order valence-corrected chi connectivity index (χ1v) is 16.6. The van der Waals surface area contributed by atoms with Crippen LogP contribution in [-0.4, -0.2) is 13.5 Å². The molecule has 4 nitrogen and oxygen atoms in total. The fourth-order valence-electron chi connectivity index (χ4n) is 7.72. The van der Waals surface area contributed by atoms with Gasteiger partial charge in [-0.25, -0.2) is 0 Å². The first-order chi connectivity index (χ1) is 24.3. The number of rotatable bonds is 4. The van der Waals surface area contributed by atoms with E-state index in [1.807, 2.05) is 71.3 Å². The second kappa shape index (κ2) is 10.7. The van der Waals surface area contributed by atoms with Crippen LogP contribution in [0.25, 0.3) is 82.9 Å². The van der Waals surface area contributed by atoms with Gasteiger partial charge in [0.15, 0.2) is 0 Å². The van der Waals surface area contributed by atoms with Gasteiger partial charge in [0.1, 0.15) is 5.52 Å². The van der Waals surface area contributed by atoms with E-state index in [4.69, 9.17) is 0 Å². The molecular formula is C45H29N3O. The van der Waals surface area contributed by atoms with Crippen molar-refractivity contribution in [3.63, 3.8) is 0 Å². The van der Waals surface area contributed by atoms with Crippen molar-refractivity contribution in [2.45, 2.75) is 0 Å². The lowest BCUT2D eigenvalue weighted by Crippen LogP contribution is -2.21. The third-order valence-corrected chi connectivity index (χ3v) is 9.83. The lowest BCUT2D eigenvalue weighted by Gasteiger charge is -2.13. The highest BCUT2D eigenvalue weighted by Crippen LogP contribution is 2.40. The van der Waals surface area contributed by atoms with Gasteiger partial charge in [-0.15, -0.1) is 0 Å². The molecule has 10 aromatic rings. The van der Waals surface area contributed by atoms with E-state index < -0.39 is 0 Å². The van der Waals surface area contributed by atoms with Crippen LogP contribution in [0.1, 0.15) is 0 Å². The van der Waals surface area contributed by atoms with Crippen LogP contribution in [0.3, 0.4) is 0 Å². The SMILES string of the molecule is O=c1c2c(-c3ccccc3)c3cc(-c4ccc5c(c4)c4ccccc4n5-c4ccccc4)ccc3n2c2ccccc2n1-c1ccccc1. The normalized spacial score (nSPS) is 11.8. The van der Waals surface area contributed by atoms with Gasteiger partial charge >= 0.3 is 0 Å². The summed E-state index contributed by atoms with van der Waals surface area (Å²) in [4.78, 5) is 14.8. The molecule has 7 aromatic carbocycles. The van der Waals surface area contributed by atoms with Crippen LogP contribution in [0.15, 0.2) is 181 Å². The van der Waals surface area contributed by atoms with Crippen molar-refractivity contribution in [2.75, 3.05) is 0 Å². The third-order valence-electron chi connectivity index (χ3n) is 9.83. The zero-order chi connectivity index (χ0) is 32.5. The van der Waals surface area contributed by atoms with Crippen molar-refractivity contribution in [1.29, 1.82) is 0 Å². The Morgan fingerprint density at radius 2 is 0.857 bits per heavy atom. The molecule has 0 bridgehead atoms. The van der Waals surface area contributed by atoms with Gasteiger partial charge in [0, 0.05) is 33.1 Å². The molecule has 0 saturated carbocycles. The zero-order valence-electron chi connectivity index (χ0n) is 26.5. The van der Waals surface area contributed by atoms with Crippen LogP contribution in [0.4, 0.5) is 0 Å². The van der Waals surface area contributed by atoms with E-state index in [9.17, 15) is 4.79 Å². The second-order valence-electron chi connectivity index (χ2n) is 12.5. The molecule has 0 unspecified atom stereocenters. The highest BCUT2D eigenvalue weighted by Gasteiger charge is 2.22. The lowest BCUT2D eigenvalue weighted by molar-refractivity contribution is 1.03. The molecule has 0 fully saturated rings. The molecule has 0 atom stereocenters. The van der Waals surface area contributed by atoms with Gasteiger partial charge in [-0.2, -0.15) is 0 Å². The molecule has 0 aliphatic carbocycles.